The number of carbonyl (C=O) groups excluding carboxylic acids is 1. The molecule has 7 heteroatoms. The summed E-state index contributed by atoms with van der Waals surface area (Å²) in [6, 6.07) is -0.279. The van der Waals surface area contributed by atoms with E-state index in [1.165, 1.54) is 21.9 Å². The lowest BCUT2D eigenvalue weighted by molar-refractivity contribution is 0.0716. The topological polar surface area (TPSA) is 83.7 Å². The minimum Gasteiger partial charge on any atom is -0.391 e. The highest BCUT2D eigenvalue weighted by molar-refractivity contribution is 7.15. The zero-order valence-electron chi connectivity index (χ0n) is 10.8. The molecule has 1 amide bonds. The molecule has 2 aromatic heterocycles. The first kappa shape index (κ1) is 13.3. The average Bonchev–Trinajstić information content (AvgIpc) is 2.91. The van der Waals surface area contributed by atoms with Crippen LogP contribution in [0.15, 0.2) is 22.6 Å². The van der Waals surface area contributed by atoms with Gasteiger partial charge < -0.3 is 10.4 Å². The molecular weight excluding hydrogens is 278 g/mol. The van der Waals surface area contributed by atoms with Gasteiger partial charge in [0.05, 0.1) is 12.1 Å². The van der Waals surface area contributed by atoms with Crippen LogP contribution in [0.1, 0.15) is 36.0 Å². The van der Waals surface area contributed by atoms with E-state index in [0.29, 0.717) is 11.4 Å². The molecule has 1 aliphatic carbocycles. The van der Waals surface area contributed by atoms with Crippen LogP contribution < -0.4 is 10.9 Å². The number of amides is 1. The maximum absolute atomic E-state index is 12.2. The monoisotopic (exact) mass is 293 g/mol. The highest BCUT2D eigenvalue weighted by Gasteiger charge is 2.26. The zero-order chi connectivity index (χ0) is 14.1. The average molecular weight is 293 g/mol. The summed E-state index contributed by atoms with van der Waals surface area (Å²) in [5, 5.41) is 14.4. The predicted octanol–water partition coefficient (Wildman–Crippen LogP) is 0.789. The summed E-state index contributed by atoms with van der Waals surface area (Å²) < 4.78 is 1.36. The normalized spacial score (nSPS) is 22.9. The number of thiazole rings is 1. The van der Waals surface area contributed by atoms with Gasteiger partial charge in [0.25, 0.3) is 11.5 Å². The summed E-state index contributed by atoms with van der Waals surface area (Å²) in [7, 11) is 0. The van der Waals surface area contributed by atoms with Gasteiger partial charge in [0.1, 0.15) is 5.56 Å². The molecule has 6 nitrogen and oxygen atoms in total. The summed E-state index contributed by atoms with van der Waals surface area (Å²) >= 11 is 1.34. The first-order chi connectivity index (χ1) is 9.66. The molecule has 0 bridgehead atoms. The van der Waals surface area contributed by atoms with E-state index in [1.54, 1.807) is 11.6 Å². The van der Waals surface area contributed by atoms with E-state index in [9.17, 15) is 14.7 Å². The third-order valence-corrected chi connectivity index (χ3v) is 4.40. The Morgan fingerprint density at radius 1 is 1.45 bits per heavy atom. The quantitative estimate of drug-likeness (QED) is 0.857. The molecule has 1 saturated carbocycles. The van der Waals surface area contributed by atoms with Gasteiger partial charge in [-0.25, -0.2) is 4.98 Å². The number of rotatable bonds is 2. The zero-order valence-corrected chi connectivity index (χ0v) is 11.6. The molecule has 0 spiro atoms. The van der Waals surface area contributed by atoms with Crippen molar-refractivity contribution in [1.29, 1.82) is 0 Å². The van der Waals surface area contributed by atoms with E-state index in [-0.39, 0.29) is 17.2 Å². The van der Waals surface area contributed by atoms with Crippen LogP contribution in [0.3, 0.4) is 0 Å². The summed E-state index contributed by atoms with van der Waals surface area (Å²) in [6.07, 6.45) is 5.74. The summed E-state index contributed by atoms with van der Waals surface area (Å²) in [5.74, 6) is -0.464. The molecule has 2 atom stereocenters. The molecule has 1 fully saturated rings. The third-order valence-electron chi connectivity index (χ3n) is 3.63. The van der Waals surface area contributed by atoms with E-state index in [2.05, 4.69) is 10.3 Å². The number of aromatic nitrogens is 2. The predicted molar refractivity (Wildman–Crippen MR) is 75.1 cm³/mol. The minimum atomic E-state index is -0.534. The second-order valence-corrected chi connectivity index (χ2v) is 5.84. The minimum absolute atomic E-state index is 0.0127. The molecule has 1 aliphatic rings. The molecule has 106 valence electrons. The van der Waals surface area contributed by atoms with Gasteiger partial charge in [-0.15, -0.1) is 11.3 Å². The van der Waals surface area contributed by atoms with Crippen molar-refractivity contribution in [1.82, 2.24) is 14.7 Å². The van der Waals surface area contributed by atoms with Gasteiger partial charge in [-0.1, -0.05) is 12.8 Å². The lowest BCUT2D eigenvalue weighted by Crippen LogP contribution is -2.46. The van der Waals surface area contributed by atoms with Crippen molar-refractivity contribution < 1.29 is 9.90 Å². The van der Waals surface area contributed by atoms with Crippen molar-refractivity contribution >= 4 is 22.2 Å². The van der Waals surface area contributed by atoms with Crippen molar-refractivity contribution in [3.63, 3.8) is 0 Å². The van der Waals surface area contributed by atoms with Gasteiger partial charge in [-0.2, -0.15) is 0 Å². The fourth-order valence-corrected chi connectivity index (χ4v) is 3.18. The van der Waals surface area contributed by atoms with Crippen LogP contribution in [0.25, 0.3) is 4.96 Å². The maximum atomic E-state index is 12.2. The summed E-state index contributed by atoms with van der Waals surface area (Å²) in [4.78, 5) is 29.0. The van der Waals surface area contributed by atoms with Gasteiger partial charge in [-0.05, 0) is 12.8 Å². The van der Waals surface area contributed by atoms with E-state index < -0.39 is 12.0 Å². The third kappa shape index (κ3) is 2.34. The van der Waals surface area contributed by atoms with Crippen molar-refractivity contribution in [2.45, 2.75) is 37.8 Å². The molecule has 0 aromatic carbocycles. The summed E-state index contributed by atoms with van der Waals surface area (Å²) in [5.41, 5.74) is -0.363. The lowest BCUT2D eigenvalue weighted by atomic mass is 9.92. The van der Waals surface area contributed by atoms with Crippen LogP contribution in [0.2, 0.25) is 0 Å². The fourth-order valence-electron chi connectivity index (χ4n) is 2.51. The van der Waals surface area contributed by atoms with Crippen molar-refractivity contribution in [2.24, 2.45) is 0 Å². The SMILES string of the molecule is O=C(N[C@@H]1CCCC[C@H]1O)c1cnc2sccn2c1=O. The number of nitrogens with one attached hydrogen (secondary N) is 1. The number of fused-ring (bicyclic) bond motifs is 1. The summed E-state index contributed by atoms with van der Waals surface area (Å²) in [6.45, 7) is 0. The van der Waals surface area contributed by atoms with Crippen LogP contribution in [0, 0.1) is 0 Å². The number of aliphatic hydroxyl groups is 1. The smallest absolute Gasteiger partial charge is 0.271 e. The molecule has 2 aromatic rings. The van der Waals surface area contributed by atoms with Crippen molar-refractivity contribution in [3.05, 3.63) is 33.7 Å². The number of hydrogen-bond acceptors (Lipinski definition) is 5. The van der Waals surface area contributed by atoms with Gasteiger partial charge >= 0.3 is 0 Å². The Kier molecular flexibility index (Phi) is 3.54. The molecule has 0 saturated heterocycles. The van der Waals surface area contributed by atoms with Crippen molar-refractivity contribution in [2.75, 3.05) is 0 Å². The standard InChI is InChI=1S/C13H15N3O3S/c17-10-4-2-1-3-9(10)15-11(18)8-7-14-13-16(12(8)19)5-6-20-13/h5-7,9-10,17H,1-4H2,(H,15,18)/t9-,10-/m1/s1. The first-order valence-corrected chi connectivity index (χ1v) is 7.48. The van der Waals surface area contributed by atoms with Crippen LogP contribution in [-0.4, -0.2) is 32.5 Å². The van der Waals surface area contributed by atoms with Crippen LogP contribution in [-0.2, 0) is 0 Å². The Hall–Kier alpha value is -1.73. The molecule has 2 N–H and O–H groups in total. The Morgan fingerprint density at radius 2 is 2.25 bits per heavy atom. The molecule has 0 aliphatic heterocycles. The molecule has 0 unspecified atom stereocenters. The van der Waals surface area contributed by atoms with Crippen LogP contribution >= 0.6 is 11.3 Å². The molecule has 20 heavy (non-hydrogen) atoms. The Balaban J connectivity index is 1.85. The van der Waals surface area contributed by atoms with Gasteiger partial charge in [0.15, 0.2) is 4.96 Å². The highest BCUT2D eigenvalue weighted by Crippen LogP contribution is 2.18. The van der Waals surface area contributed by atoms with Gasteiger partial charge in [0.2, 0.25) is 0 Å². The second kappa shape index (κ2) is 5.34. The van der Waals surface area contributed by atoms with Gasteiger partial charge in [-0.3, -0.25) is 14.0 Å². The van der Waals surface area contributed by atoms with E-state index in [4.69, 9.17) is 0 Å². The molecule has 3 rings (SSSR count). The molecule has 0 radical (unpaired) electrons. The number of aliphatic hydroxyl groups excluding tert-OH is 1. The van der Waals surface area contributed by atoms with Crippen molar-refractivity contribution in [3.8, 4) is 0 Å². The maximum Gasteiger partial charge on any atom is 0.271 e. The first-order valence-electron chi connectivity index (χ1n) is 6.60. The van der Waals surface area contributed by atoms with E-state index >= 15 is 0 Å². The molecular formula is C13H15N3O3S. The number of hydrogen-bond donors (Lipinski definition) is 2. The Bertz CT molecular complexity index is 693. The van der Waals surface area contributed by atoms with E-state index in [1.807, 2.05) is 0 Å². The largest absolute Gasteiger partial charge is 0.391 e. The number of nitrogens with zero attached hydrogens (tertiary/aromatic N) is 2. The van der Waals surface area contributed by atoms with Gasteiger partial charge in [0, 0.05) is 17.8 Å². The Labute approximate surface area is 119 Å². The fraction of sp³-hybridized carbons (Fsp3) is 0.462. The highest BCUT2D eigenvalue weighted by atomic mass is 32.1. The number of carbonyl (C=O) groups is 1. The molecule has 2 heterocycles. The lowest BCUT2D eigenvalue weighted by Gasteiger charge is -2.28. The second-order valence-electron chi connectivity index (χ2n) is 4.96. The Morgan fingerprint density at radius 3 is 3.05 bits per heavy atom. The van der Waals surface area contributed by atoms with E-state index in [0.717, 1.165) is 19.3 Å². The van der Waals surface area contributed by atoms with Crippen LogP contribution in [0.5, 0.6) is 0 Å². The van der Waals surface area contributed by atoms with Crippen LogP contribution in [0.4, 0.5) is 0 Å².